The van der Waals surface area contributed by atoms with Crippen LogP contribution in [-0.2, 0) is 0 Å². The molecule has 0 bridgehead atoms. The van der Waals surface area contributed by atoms with Crippen molar-refractivity contribution in [1.29, 1.82) is 0 Å². The molecule has 9 heteroatoms. The third-order valence-corrected chi connectivity index (χ3v) is 3.67. The SMILES string of the molecule is CSc1nc(-c2ccc(OC(F)(F)F)c(F)c2)ns1. The predicted octanol–water partition coefficient (Wildman–Crippen LogP) is 3.96. The van der Waals surface area contributed by atoms with Gasteiger partial charge in [-0.05, 0) is 36.0 Å². The minimum atomic E-state index is -4.92. The molecule has 0 amide bonds. The number of halogens is 4. The van der Waals surface area contributed by atoms with E-state index in [1.807, 2.05) is 6.26 Å². The van der Waals surface area contributed by atoms with Crippen molar-refractivity contribution in [3.63, 3.8) is 0 Å². The number of hydrogen-bond donors (Lipinski definition) is 0. The van der Waals surface area contributed by atoms with E-state index in [1.54, 1.807) is 0 Å². The monoisotopic (exact) mass is 310 g/mol. The maximum atomic E-state index is 13.5. The molecule has 0 saturated carbocycles. The van der Waals surface area contributed by atoms with Crippen molar-refractivity contribution < 1.29 is 22.3 Å². The molecule has 0 spiro atoms. The molecule has 1 aromatic carbocycles. The third-order valence-electron chi connectivity index (χ3n) is 2.00. The van der Waals surface area contributed by atoms with Gasteiger partial charge >= 0.3 is 6.36 Å². The summed E-state index contributed by atoms with van der Waals surface area (Å²) in [6.45, 7) is 0. The van der Waals surface area contributed by atoms with Crippen molar-refractivity contribution in [1.82, 2.24) is 9.36 Å². The number of alkyl halides is 3. The van der Waals surface area contributed by atoms with Gasteiger partial charge in [0.15, 0.2) is 21.7 Å². The molecule has 1 heterocycles. The largest absolute Gasteiger partial charge is 0.573 e. The first-order valence-electron chi connectivity index (χ1n) is 4.82. The van der Waals surface area contributed by atoms with Gasteiger partial charge in [-0.1, -0.05) is 11.8 Å². The fourth-order valence-corrected chi connectivity index (χ4v) is 2.28. The van der Waals surface area contributed by atoms with Crippen molar-refractivity contribution in [2.24, 2.45) is 0 Å². The molecule has 0 N–H and O–H groups in total. The number of nitrogens with zero attached hydrogens (tertiary/aromatic N) is 2. The lowest BCUT2D eigenvalue weighted by Gasteiger charge is -2.09. The highest BCUT2D eigenvalue weighted by molar-refractivity contribution is 8.00. The number of thioether (sulfide) groups is 1. The van der Waals surface area contributed by atoms with Crippen LogP contribution in [0.15, 0.2) is 22.5 Å². The summed E-state index contributed by atoms with van der Waals surface area (Å²) < 4.78 is 57.6. The van der Waals surface area contributed by atoms with Gasteiger partial charge in [-0.2, -0.15) is 4.37 Å². The quantitative estimate of drug-likeness (QED) is 0.635. The summed E-state index contributed by atoms with van der Waals surface area (Å²) in [6, 6.07) is 3.08. The van der Waals surface area contributed by atoms with Gasteiger partial charge in [0.05, 0.1) is 0 Å². The number of benzene rings is 1. The van der Waals surface area contributed by atoms with Gasteiger partial charge in [-0.3, -0.25) is 0 Å². The molecular formula is C10H6F4N2OS2. The van der Waals surface area contributed by atoms with Crippen molar-refractivity contribution in [3.05, 3.63) is 24.0 Å². The first-order valence-corrected chi connectivity index (χ1v) is 6.82. The Kier molecular flexibility index (Phi) is 3.95. The van der Waals surface area contributed by atoms with Crippen molar-refractivity contribution in [2.75, 3.05) is 6.26 Å². The smallest absolute Gasteiger partial charge is 0.403 e. The van der Waals surface area contributed by atoms with E-state index in [9.17, 15) is 17.6 Å². The minimum Gasteiger partial charge on any atom is -0.403 e. The van der Waals surface area contributed by atoms with E-state index in [-0.39, 0.29) is 5.82 Å². The molecule has 0 unspecified atom stereocenters. The molecule has 0 aliphatic rings. The molecule has 2 aromatic rings. The van der Waals surface area contributed by atoms with Crippen LogP contribution in [0.1, 0.15) is 0 Å². The highest BCUT2D eigenvalue weighted by atomic mass is 32.2. The van der Waals surface area contributed by atoms with Crippen LogP contribution in [0.25, 0.3) is 11.4 Å². The Bertz CT molecular complexity index is 585. The minimum absolute atomic E-state index is 0.270. The van der Waals surface area contributed by atoms with Crippen LogP contribution in [0.3, 0.4) is 0 Å². The van der Waals surface area contributed by atoms with E-state index in [1.165, 1.54) is 17.8 Å². The van der Waals surface area contributed by atoms with Crippen molar-refractivity contribution >= 4 is 23.3 Å². The second-order valence-electron chi connectivity index (χ2n) is 3.28. The van der Waals surface area contributed by atoms with Crippen LogP contribution >= 0.6 is 23.3 Å². The van der Waals surface area contributed by atoms with Gasteiger partial charge in [0.25, 0.3) is 0 Å². The summed E-state index contributed by atoms with van der Waals surface area (Å²) in [7, 11) is 0. The van der Waals surface area contributed by atoms with E-state index < -0.39 is 17.9 Å². The Hall–Kier alpha value is -1.35. The van der Waals surface area contributed by atoms with Gasteiger partial charge in [-0.25, -0.2) is 9.37 Å². The standard InChI is InChI=1S/C10H6F4N2OS2/c1-18-9-15-8(16-19-9)5-2-3-7(6(11)4-5)17-10(12,13)14/h2-4H,1H3. The highest BCUT2D eigenvalue weighted by Gasteiger charge is 2.32. The van der Waals surface area contributed by atoms with Gasteiger partial charge in [0, 0.05) is 5.56 Å². The topological polar surface area (TPSA) is 35.0 Å². The Balaban J connectivity index is 2.28. The first kappa shape index (κ1) is 14.1. The lowest BCUT2D eigenvalue weighted by Crippen LogP contribution is -2.17. The van der Waals surface area contributed by atoms with E-state index in [0.29, 0.717) is 9.90 Å². The maximum Gasteiger partial charge on any atom is 0.573 e. The molecule has 0 aliphatic carbocycles. The predicted molar refractivity (Wildman–Crippen MR) is 63.8 cm³/mol. The van der Waals surface area contributed by atoms with E-state index in [0.717, 1.165) is 23.7 Å². The van der Waals surface area contributed by atoms with E-state index in [2.05, 4.69) is 14.1 Å². The zero-order valence-corrected chi connectivity index (χ0v) is 11.0. The van der Waals surface area contributed by atoms with Gasteiger partial charge in [-0.15, -0.1) is 13.2 Å². The van der Waals surface area contributed by atoms with E-state index in [4.69, 9.17) is 0 Å². The van der Waals surface area contributed by atoms with Crippen LogP contribution in [0.2, 0.25) is 0 Å². The zero-order chi connectivity index (χ0) is 14.0. The highest BCUT2D eigenvalue weighted by Crippen LogP contribution is 2.30. The van der Waals surface area contributed by atoms with Gasteiger partial charge < -0.3 is 4.74 Å². The second kappa shape index (κ2) is 5.33. The van der Waals surface area contributed by atoms with Crippen LogP contribution < -0.4 is 4.74 Å². The van der Waals surface area contributed by atoms with Crippen LogP contribution in [0.4, 0.5) is 17.6 Å². The Morgan fingerprint density at radius 2 is 2.05 bits per heavy atom. The fraction of sp³-hybridized carbons (Fsp3) is 0.200. The molecule has 0 radical (unpaired) electrons. The molecule has 102 valence electrons. The average Bonchev–Trinajstić information content (AvgIpc) is 2.79. The summed E-state index contributed by atoms with van der Waals surface area (Å²) in [5.41, 5.74) is 0.295. The summed E-state index contributed by atoms with van der Waals surface area (Å²) in [6.07, 6.45) is -3.11. The molecule has 3 nitrogen and oxygen atoms in total. The summed E-state index contributed by atoms with van der Waals surface area (Å²) >= 11 is 2.51. The summed E-state index contributed by atoms with van der Waals surface area (Å²) in [5, 5.41) is 0. The van der Waals surface area contributed by atoms with Gasteiger partial charge in [0.1, 0.15) is 0 Å². The fourth-order valence-electron chi connectivity index (χ4n) is 1.26. The Labute approximate surface area is 113 Å². The number of ether oxygens (including phenoxy) is 1. The lowest BCUT2D eigenvalue weighted by atomic mass is 10.2. The number of aromatic nitrogens is 2. The van der Waals surface area contributed by atoms with Crippen molar-refractivity contribution in [2.45, 2.75) is 10.7 Å². The molecular weight excluding hydrogens is 304 g/mol. The molecule has 19 heavy (non-hydrogen) atoms. The average molecular weight is 310 g/mol. The van der Waals surface area contributed by atoms with E-state index >= 15 is 0 Å². The van der Waals surface area contributed by atoms with Gasteiger partial charge in [0.2, 0.25) is 0 Å². The Morgan fingerprint density at radius 1 is 1.32 bits per heavy atom. The molecule has 2 rings (SSSR count). The molecule has 0 fully saturated rings. The summed E-state index contributed by atoms with van der Waals surface area (Å²) in [4.78, 5) is 4.09. The van der Waals surface area contributed by atoms with Crippen LogP contribution in [-0.4, -0.2) is 22.0 Å². The first-order chi connectivity index (χ1) is 8.89. The molecule has 1 aromatic heterocycles. The summed E-state index contributed by atoms with van der Waals surface area (Å²) in [5.74, 6) is -1.72. The molecule has 0 atom stereocenters. The molecule has 0 aliphatic heterocycles. The molecule has 0 saturated heterocycles. The van der Waals surface area contributed by atoms with Crippen LogP contribution in [0, 0.1) is 5.82 Å². The maximum absolute atomic E-state index is 13.5. The second-order valence-corrected chi connectivity index (χ2v) is 5.09. The normalized spacial score (nSPS) is 11.6. The van der Waals surface area contributed by atoms with Crippen molar-refractivity contribution in [3.8, 4) is 17.1 Å². The number of rotatable bonds is 3. The number of hydrogen-bond acceptors (Lipinski definition) is 5. The van der Waals surface area contributed by atoms with Crippen LogP contribution in [0.5, 0.6) is 5.75 Å². The lowest BCUT2D eigenvalue weighted by molar-refractivity contribution is -0.275. The third kappa shape index (κ3) is 3.57. The zero-order valence-electron chi connectivity index (χ0n) is 9.36. The Morgan fingerprint density at radius 3 is 2.58 bits per heavy atom.